The lowest BCUT2D eigenvalue weighted by Gasteiger charge is -2.44. The van der Waals surface area contributed by atoms with Gasteiger partial charge in [-0.2, -0.15) is 0 Å². The average molecular weight is 279 g/mol. The van der Waals surface area contributed by atoms with Gasteiger partial charge in [0, 0.05) is 5.88 Å². The van der Waals surface area contributed by atoms with Crippen LogP contribution in [0.3, 0.4) is 0 Å². The van der Waals surface area contributed by atoms with Crippen molar-refractivity contribution < 1.29 is 0 Å². The second-order valence-corrected chi connectivity index (χ2v) is 6.31. The van der Waals surface area contributed by atoms with Crippen LogP contribution in [-0.2, 0) is 0 Å². The summed E-state index contributed by atoms with van der Waals surface area (Å²) in [4.78, 5) is 0. The monoisotopic (exact) mass is 278 g/mol. The van der Waals surface area contributed by atoms with Crippen LogP contribution in [0, 0.1) is 23.7 Å². The van der Waals surface area contributed by atoms with Crippen LogP contribution in [0.25, 0.3) is 0 Å². The molecule has 0 saturated heterocycles. The van der Waals surface area contributed by atoms with Gasteiger partial charge in [-0.25, -0.2) is 0 Å². The lowest BCUT2D eigenvalue weighted by atomic mass is 9.62. The molecular formula is C15H28Cl2. The number of hydrogen-bond acceptors (Lipinski definition) is 0. The third-order valence-corrected chi connectivity index (χ3v) is 5.49. The number of fused-ring (bicyclic) bond motifs is 1. The van der Waals surface area contributed by atoms with Crippen LogP contribution in [0.15, 0.2) is 0 Å². The van der Waals surface area contributed by atoms with Gasteiger partial charge in [0.15, 0.2) is 0 Å². The Balaban J connectivity index is 0.00000144. The van der Waals surface area contributed by atoms with Crippen molar-refractivity contribution in [3.8, 4) is 0 Å². The normalized spacial score (nSPS) is 34.6. The molecule has 2 saturated carbocycles. The van der Waals surface area contributed by atoms with Crippen LogP contribution in [0.2, 0.25) is 0 Å². The zero-order chi connectivity index (χ0) is 11.4. The highest BCUT2D eigenvalue weighted by atomic mass is 35.5. The molecule has 17 heavy (non-hydrogen) atoms. The number of alkyl halides is 1. The van der Waals surface area contributed by atoms with Gasteiger partial charge in [-0.05, 0) is 42.9 Å². The maximum atomic E-state index is 6.21. The van der Waals surface area contributed by atoms with Gasteiger partial charge in [-0.15, -0.1) is 24.0 Å². The van der Waals surface area contributed by atoms with Crippen molar-refractivity contribution in [1.29, 1.82) is 0 Å². The predicted octanol–water partition coefficient (Wildman–Crippen LogP) is 5.67. The molecule has 0 N–H and O–H groups in total. The Hall–Kier alpha value is 0.580. The Bertz CT molecular complexity index is 203. The molecular weight excluding hydrogens is 251 g/mol. The summed E-state index contributed by atoms with van der Waals surface area (Å²) in [6, 6.07) is 0. The maximum absolute atomic E-state index is 6.21. The molecule has 0 aromatic heterocycles. The number of halogens is 2. The lowest BCUT2D eigenvalue weighted by molar-refractivity contribution is 0.0674. The average Bonchev–Trinajstić information content (AvgIpc) is 2.35. The van der Waals surface area contributed by atoms with Crippen molar-refractivity contribution >= 4 is 24.0 Å². The third kappa shape index (κ3) is 3.77. The SMILES string of the molecule is CCCC(CCl)C1CCCC2CCCCC21.Cl. The fourth-order valence-corrected chi connectivity index (χ4v) is 4.73. The summed E-state index contributed by atoms with van der Waals surface area (Å²) < 4.78 is 0. The maximum Gasteiger partial charge on any atom is 0.0254 e. The summed E-state index contributed by atoms with van der Waals surface area (Å²) >= 11 is 6.21. The van der Waals surface area contributed by atoms with Crippen molar-refractivity contribution in [3.63, 3.8) is 0 Å². The molecule has 0 bridgehead atoms. The van der Waals surface area contributed by atoms with Gasteiger partial charge in [-0.1, -0.05) is 45.4 Å². The van der Waals surface area contributed by atoms with Crippen molar-refractivity contribution in [3.05, 3.63) is 0 Å². The van der Waals surface area contributed by atoms with Crippen LogP contribution in [0.1, 0.15) is 64.7 Å². The van der Waals surface area contributed by atoms with E-state index in [2.05, 4.69) is 6.92 Å². The summed E-state index contributed by atoms with van der Waals surface area (Å²) in [6.45, 7) is 2.31. The van der Waals surface area contributed by atoms with E-state index in [1.54, 1.807) is 0 Å². The second-order valence-electron chi connectivity index (χ2n) is 6.01. The van der Waals surface area contributed by atoms with E-state index in [0.717, 1.165) is 29.6 Å². The molecule has 2 rings (SSSR count). The molecule has 2 heteroatoms. The summed E-state index contributed by atoms with van der Waals surface area (Å²) in [5.41, 5.74) is 0. The first kappa shape index (κ1) is 15.6. The zero-order valence-corrected chi connectivity index (χ0v) is 12.7. The molecule has 4 atom stereocenters. The van der Waals surface area contributed by atoms with Crippen LogP contribution in [0.5, 0.6) is 0 Å². The van der Waals surface area contributed by atoms with E-state index >= 15 is 0 Å². The van der Waals surface area contributed by atoms with Crippen molar-refractivity contribution in [2.45, 2.75) is 64.7 Å². The second kappa shape index (κ2) is 7.89. The fourth-order valence-electron chi connectivity index (χ4n) is 4.35. The zero-order valence-electron chi connectivity index (χ0n) is 11.2. The van der Waals surface area contributed by atoms with Crippen molar-refractivity contribution in [2.24, 2.45) is 23.7 Å². The van der Waals surface area contributed by atoms with E-state index in [1.807, 2.05) is 0 Å². The summed E-state index contributed by atoms with van der Waals surface area (Å²) in [6.07, 6.45) is 13.1. The molecule has 102 valence electrons. The molecule has 0 aromatic carbocycles. The van der Waals surface area contributed by atoms with Gasteiger partial charge in [0.1, 0.15) is 0 Å². The Morgan fingerprint density at radius 2 is 1.76 bits per heavy atom. The Morgan fingerprint density at radius 1 is 1.06 bits per heavy atom. The lowest BCUT2D eigenvalue weighted by Crippen LogP contribution is -2.35. The summed E-state index contributed by atoms with van der Waals surface area (Å²) in [5.74, 6) is 4.80. The Labute approximate surface area is 118 Å². The fraction of sp³-hybridized carbons (Fsp3) is 1.00. The Kier molecular flexibility index (Phi) is 7.26. The van der Waals surface area contributed by atoms with Crippen molar-refractivity contribution in [2.75, 3.05) is 5.88 Å². The minimum atomic E-state index is 0. The van der Waals surface area contributed by atoms with Gasteiger partial charge in [0.05, 0.1) is 0 Å². The van der Waals surface area contributed by atoms with E-state index in [1.165, 1.54) is 57.8 Å². The molecule has 2 aliphatic rings. The first-order valence-corrected chi connectivity index (χ1v) is 7.96. The molecule has 0 spiro atoms. The van der Waals surface area contributed by atoms with Gasteiger partial charge < -0.3 is 0 Å². The molecule has 0 amide bonds. The Morgan fingerprint density at radius 3 is 2.47 bits per heavy atom. The van der Waals surface area contributed by atoms with Gasteiger partial charge >= 0.3 is 0 Å². The molecule has 0 aromatic rings. The molecule has 0 nitrogen and oxygen atoms in total. The van der Waals surface area contributed by atoms with Crippen molar-refractivity contribution in [1.82, 2.24) is 0 Å². The molecule has 0 aliphatic heterocycles. The highest BCUT2D eigenvalue weighted by molar-refractivity contribution is 6.18. The van der Waals surface area contributed by atoms with E-state index in [4.69, 9.17) is 11.6 Å². The standard InChI is InChI=1S/C15H27Cl.ClH/c1-2-6-13(11-16)15-10-5-8-12-7-3-4-9-14(12)15;/h12-15H,2-11H2,1H3;1H. The van der Waals surface area contributed by atoms with E-state index in [9.17, 15) is 0 Å². The first-order chi connectivity index (χ1) is 7.86. The van der Waals surface area contributed by atoms with Crippen LogP contribution >= 0.6 is 24.0 Å². The smallest absolute Gasteiger partial charge is 0.0254 e. The van der Waals surface area contributed by atoms with E-state index in [-0.39, 0.29) is 12.4 Å². The third-order valence-electron chi connectivity index (χ3n) is 5.09. The minimum Gasteiger partial charge on any atom is -0.147 e. The largest absolute Gasteiger partial charge is 0.147 e. The van der Waals surface area contributed by atoms with Crippen LogP contribution in [-0.4, -0.2) is 5.88 Å². The highest BCUT2D eigenvalue weighted by Crippen LogP contribution is 2.47. The highest BCUT2D eigenvalue weighted by Gasteiger charge is 2.37. The van der Waals surface area contributed by atoms with Gasteiger partial charge in [0.25, 0.3) is 0 Å². The summed E-state index contributed by atoms with van der Waals surface area (Å²) in [5, 5.41) is 0. The van der Waals surface area contributed by atoms with E-state index < -0.39 is 0 Å². The van der Waals surface area contributed by atoms with Crippen LogP contribution < -0.4 is 0 Å². The van der Waals surface area contributed by atoms with E-state index in [0.29, 0.717) is 0 Å². The molecule has 2 fully saturated rings. The first-order valence-electron chi connectivity index (χ1n) is 7.42. The number of hydrogen-bond donors (Lipinski definition) is 0. The van der Waals surface area contributed by atoms with Crippen LogP contribution in [0.4, 0.5) is 0 Å². The molecule has 2 aliphatic carbocycles. The molecule has 0 heterocycles. The molecule has 4 unspecified atom stereocenters. The van der Waals surface area contributed by atoms with Gasteiger partial charge in [-0.3, -0.25) is 0 Å². The topological polar surface area (TPSA) is 0 Å². The summed E-state index contributed by atoms with van der Waals surface area (Å²) in [7, 11) is 0. The minimum absolute atomic E-state index is 0. The quantitative estimate of drug-likeness (QED) is 0.582. The molecule has 0 radical (unpaired) electrons. The number of rotatable bonds is 4. The van der Waals surface area contributed by atoms with Gasteiger partial charge in [0.2, 0.25) is 0 Å². The predicted molar refractivity (Wildman–Crippen MR) is 79.2 cm³/mol.